The molecule has 1 aromatic rings. The first-order valence-corrected chi connectivity index (χ1v) is 3.10. The zero-order valence-corrected chi connectivity index (χ0v) is 5.82. The summed E-state index contributed by atoms with van der Waals surface area (Å²) in [4.78, 5) is 10.1. The number of nitroso groups, excluding NO2 is 1. The molecule has 0 aliphatic rings. The molecule has 0 spiro atoms. The van der Waals surface area contributed by atoms with E-state index in [4.69, 9.17) is 13.0 Å². The standard InChI is InChI=1S/C7H6BNO2/c8-6-2-1-5(4-10)3-7(6)9-11/h1-3,10H,4H2. The van der Waals surface area contributed by atoms with Crippen molar-refractivity contribution in [2.75, 3.05) is 0 Å². The van der Waals surface area contributed by atoms with E-state index in [-0.39, 0.29) is 12.3 Å². The van der Waals surface area contributed by atoms with Crippen LogP contribution in [0.25, 0.3) is 0 Å². The Labute approximate surface area is 65.4 Å². The summed E-state index contributed by atoms with van der Waals surface area (Å²) < 4.78 is 0. The van der Waals surface area contributed by atoms with Gasteiger partial charge in [-0.05, 0) is 16.8 Å². The molecule has 54 valence electrons. The molecule has 2 radical (unpaired) electrons. The van der Waals surface area contributed by atoms with Gasteiger partial charge in [0, 0.05) is 0 Å². The van der Waals surface area contributed by atoms with Gasteiger partial charge in [-0.3, -0.25) is 0 Å². The Hall–Kier alpha value is -1.16. The van der Waals surface area contributed by atoms with Gasteiger partial charge in [0.15, 0.2) is 0 Å². The molecule has 1 rings (SSSR count). The van der Waals surface area contributed by atoms with Gasteiger partial charge in [0.1, 0.15) is 13.5 Å². The molecule has 3 nitrogen and oxygen atoms in total. The van der Waals surface area contributed by atoms with E-state index in [9.17, 15) is 4.91 Å². The monoisotopic (exact) mass is 147 g/mol. The van der Waals surface area contributed by atoms with E-state index in [1.54, 1.807) is 12.1 Å². The molecule has 0 unspecified atom stereocenters. The zero-order valence-electron chi connectivity index (χ0n) is 5.82. The van der Waals surface area contributed by atoms with Crippen molar-refractivity contribution in [1.82, 2.24) is 0 Å². The summed E-state index contributed by atoms with van der Waals surface area (Å²) in [7, 11) is 5.38. The van der Waals surface area contributed by atoms with Crippen LogP contribution in [0.4, 0.5) is 5.69 Å². The Morgan fingerprint density at radius 3 is 2.82 bits per heavy atom. The Bertz CT molecular complexity index is 275. The van der Waals surface area contributed by atoms with E-state index in [1.807, 2.05) is 0 Å². The summed E-state index contributed by atoms with van der Waals surface area (Å²) in [5.41, 5.74) is 1.14. The van der Waals surface area contributed by atoms with Crippen molar-refractivity contribution in [3.05, 3.63) is 28.7 Å². The molecule has 0 saturated carbocycles. The highest BCUT2D eigenvalue weighted by atomic mass is 16.3. The molecule has 0 aliphatic carbocycles. The minimum absolute atomic E-state index is 0.108. The van der Waals surface area contributed by atoms with Crippen molar-refractivity contribution in [3.8, 4) is 0 Å². The minimum atomic E-state index is -0.108. The highest BCUT2D eigenvalue weighted by Crippen LogP contribution is 2.09. The molecule has 0 atom stereocenters. The van der Waals surface area contributed by atoms with Crippen LogP contribution in [0.1, 0.15) is 5.56 Å². The lowest BCUT2D eigenvalue weighted by molar-refractivity contribution is 0.282. The summed E-state index contributed by atoms with van der Waals surface area (Å²) in [5.74, 6) is 0. The van der Waals surface area contributed by atoms with Crippen molar-refractivity contribution in [2.24, 2.45) is 5.18 Å². The first-order valence-electron chi connectivity index (χ1n) is 3.10. The predicted molar refractivity (Wildman–Crippen MR) is 43.2 cm³/mol. The number of aliphatic hydroxyl groups excluding tert-OH is 1. The third kappa shape index (κ3) is 1.65. The number of aliphatic hydroxyl groups is 1. The van der Waals surface area contributed by atoms with Crippen LogP contribution in [0, 0.1) is 4.91 Å². The van der Waals surface area contributed by atoms with Crippen molar-refractivity contribution in [3.63, 3.8) is 0 Å². The van der Waals surface area contributed by atoms with E-state index in [1.165, 1.54) is 6.07 Å². The average molecular weight is 147 g/mol. The van der Waals surface area contributed by atoms with E-state index < -0.39 is 0 Å². The molecule has 0 amide bonds. The van der Waals surface area contributed by atoms with E-state index >= 15 is 0 Å². The van der Waals surface area contributed by atoms with Gasteiger partial charge < -0.3 is 5.11 Å². The van der Waals surface area contributed by atoms with Gasteiger partial charge in [0.2, 0.25) is 0 Å². The van der Waals surface area contributed by atoms with Crippen LogP contribution in [0.5, 0.6) is 0 Å². The molecule has 0 saturated heterocycles. The van der Waals surface area contributed by atoms with E-state index in [0.717, 1.165) is 0 Å². The number of hydrogen-bond acceptors (Lipinski definition) is 3. The van der Waals surface area contributed by atoms with Crippen LogP contribution in [0.15, 0.2) is 23.4 Å². The SMILES string of the molecule is [B]c1ccc(CO)cc1N=O. The smallest absolute Gasteiger partial charge is 0.117 e. The van der Waals surface area contributed by atoms with E-state index in [0.29, 0.717) is 11.0 Å². The maximum absolute atomic E-state index is 10.1. The Morgan fingerprint density at radius 1 is 1.55 bits per heavy atom. The van der Waals surface area contributed by atoms with Crippen molar-refractivity contribution >= 4 is 19.0 Å². The van der Waals surface area contributed by atoms with Gasteiger partial charge >= 0.3 is 0 Å². The molecule has 11 heavy (non-hydrogen) atoms. The number of hydrogen-bond donors (Lipinski definition) is 1. The average Bonchev–Trinajstić information content (AvgIpc) is 2.05. The van der Waals surface area contributed by atoms with Crippen LogP contribution >= 0.6 is 0 Å². The molecular formula is C7H6BNO2. The van der Waals surface area contributed by atoms with Crippen molar-refractivity contribution in [2.45, 2.75) is 6.61 Å². The molecule has 0 bridgehead atoms. The second kappa shape index (κ2) is 3.30. The molecule has 0 fully saturated rings. The molecule has 1 N–H and O–H groups in total. The van der Waals surface area contributed by atoms with Crippen LogP contribution in [0.2, 0.25) is 0 Å². The second-order valence-electron chi connectivity index (χ2n) is 2.14. The van der Waals surface area contributed by atoms with Crippen molar-refractivity contribution < 1.29 is 5.11 Å². The van der Waals surface area contributed by atoms with Crippen molar-refractivity contribution in [1.29, 1.82) is 0 Å². The van der Waals surface area contributed by atoms with E-state index in [2.05, 4.69) is 5.18 Å². The third-order valence-electron chi connectivity index (χ3n) is 1.38. The maximum Gasteiger partial charge on any atom is 0.117 e. The summed E-state index contributed by atoms with van der Waals surface area (Å²) in [5, 5.41) is 11.4. The number of nitrogens with zero attached hydrogens (tertiary/aromatic N) is 1. The topological polar surface area (TPSA) is 49.7 Å². The van der Waals surface area contributed by atoms with Crippen LogP contribution < -0.4 is 5.46 Å². The Balaban J connectivity index is 3.12. The van der Waals surface area contributed by atoms with Gasteiger partial charge in [-0.1, -0.05) is 17.6 Å². The molecule has 0 heterocycles. The largest absolute Gasteiger partial charge is 0.392 e. The first kappa shape index (κ1) is 7.95. The Morgan fingerprint density at radius 2 is 2.27 bits per heavy atom. The maximum atomic E-state index is 10.1. The lowest BCUT2D eigenvalue weighted by Crippen LogP contribution is -2.02. The molecular weight excluding hydrogens is 141 g/mol. The van der Waals surface area contributed by atoms with Gasteiger partial charge in [-0.2, -0.15) is 0 Å². The fourth-order valence-electron chi connectivity index (χ4n) is 0.767. The summed E-state index contributed by atoms with van der Waals surface area (Å²) in [6, 6.07) is 4.65. The van der Waals surface area contributed by atoms with Gasteiger partial charge in [-0.25, -0.2) is 0 Å². The Kier molecular flexibility index (Phi) is 2.38. The normalized spacial score (nSPS) is 9.55. The fourth-order valence-corrected chi connectivity index (χ4v) is 0.767. The summed E-state index contributed by atoms with van der Waals surface area (Å²) in [6.07, 6.45) is 0. The molecule has 1 aromatic carbocycles. The van der Waals surface area contributed by atoms with Crippen LogP contribution in [-0.4, -0.2) is 13.0 Å². The zero-order chi connectivity index (χ0) is 8.27. The highest BCUT2D eigenvalue weighted by Gasteiger charge is 1.97. The van der Waals surface area contributed by atoms with Crippen LogP contribution in [-0.2, 0) is 6.61 Å². The third-order valence-corrected chi connectivity index (χ3v) is 1.38. The lowest BCUT2D eigenvalue weighted by atomic mass is 9.93. The first-order chi connectivity index (χ1) is 5.27. The number of benzene rings is 1. The minimum Gasteiger partial charge on any atom is -0.392 e. The van der Waals surface area contributed by atoms with Gasteiger partial charge in [0.05, 0.1) is 6.61 Å². The molecule has 0 aliphatic heterocycles. The predicted octanol–water partition coefficient (Wildman–Crippen LogP) is 0.371. The van der Waals surface area contributed by atoms with Crippen LogP contribution in [0.3, 0.4) is 0 Å². The summed E-state index contributed by atoms with van der Waals surface area (Å²) >= 11 is 0. The second-order valence-corrected chi connectivity index (χ2v) is 2.14. The highest BCUT2D eigenvalue weighted by molar-refractivity contribution is 6.35. The molecule has 4 heteroatoms. The fraction of sp³-hybridized carbons (Fsp3) is 0.143. The molecule has 0 aromatic heterocycles. The lowest BCUT2D eigenvalue weighted by Gasteiger charge is -1.98. The summed E-state index contributed by atoms with van der Waals surface area (Å²) in [6.45, 7) is -0.108. The van der Waals surface area contributed by atoms with Gasteiger partial charge in [-0.15, -0.1) is 4.91 Å². The quantitative estimate of drug-likeness (QED) is 0.485. The van der Waals surface area contributed by atoms with Gasteiger partial charge in [0.25, 0.3) is 0 Å². The number of rotatable bonds is 2.